The van der Waals surface area contributed by atoms with E-state index in [1.807, 2.05) is 19.1 Å². The van der Waals surface area contributed by atoms with E-state index in [0.29, 0.717) is 19.5 Å². The number of ether oxygens (including phenoxy) is 1. The van der Waals surface area contributed by atoms with Gasteiger partial charge in [0.1, 0.15) is 11.7 Å². The summed E-state index contributed by atoms with van der Waals surface area (Å²) in [5.74, 6) is 1.51. The van der Waals surface area contributed by atoms with Crippen LogP contribution in [0.25, 0.3) is 0 Å². The molecule has 0 bridgehead atoms. The maximum atomic E-state index is 12.5. The number of carbonyl (C=O) groups is 1. The molecule has 2 saturated heterocycles. The second kappa shape index (κ2) is 7.60. The highest BCUT2D eigenvalue weighted by molar-refractivity contribution is 5.84. The maximum Gasteiger partial charge on any atom is 0.254 e. The molecular formula is C19H29N3O3. The summed E-state index contributed by atoms with van der Waals surface area (Å²) in [5, 5.41) is 10.4. The number of hydrogen-bond acceptors (Lipinski definition) is 5. The van der Waals surface area contributed by atoms with E-state index in [0.717, 1.165) is 37.5 Å². The molecule has 138 valence electrons. The van der Waals surface area contributed by atoms with E-state index in [1.54, 1.807) is 18.0 Å². The van der Waals surface area contributed by atoms with E-state index >= 15 is 0 Å². The van der Waals surface area contributed by atoms with Gasteiger partial charge in [0.15, 0.2) is 11.6 Å². The second-order valence-electron chi connectivity index (χ2n) is 7.32. The Labute approximate surface area is 149 Å². The SMILES string of the molecule is CCC[C@](C)(O)C(=O)N1CC[C@H](Oc2cccnc2N2CCCC2)C1. The second-order valence-corrected chi connectivity index (χ2v) is 7.32. The fraction of sp³-hybridized carbons (Fsp3) is 0.684. The van der Waals surface area contributed by atoms with Gasteiger partial charge in [0.05, 0.1) is 6.54 Å². The summed E-state index contributed by atoms with van der Waals surface area (Å²) >= 11 is 0. The molecule has 3 heterocycles. The number of carbonyl (C=O) groups excluding carboxylic acids is 1. The summed E-state index contributed by atoms with van der Waals surface area (Å²) in [6.45, 7) is 6.76. The average molecular weight is 347 g/mol. The molecule has 0 saturated carbocycles. The molecule has 0 radical (unpaired) electrons. The first-order valence-corrected chi connectivity index (χ1v) is 9.39. The number of pyridine rings is 1. The van der Waals surface area contributed by atoms with Gasteiger partial charge in [0, 0.05) is 32.3 Å². The third kappa shape index (κ3) is 4.06. The van der Waals surface area contributed by atoms with Crippen LogP contribution in [0.4, 0.5) is 5.82 Å². The molecule has 1 amide bonds. The summed E-state index contributed by atoms with van der Waals surface area (Å²) in [6.07, 6.45) is 6.17. The summed E-state index contributed by atoms with van der Waals surface area (Å²) in [7, 11) is 0. The highest BCUT2D eigenvalue weighted by Gasteiger charge is 2.37. The number of anilines is 1. The number of likely N-dealkylation sites (tertiary alicyclic amines) is 1. The van der Waals surface area contributed by atoms with Gasteiger partial charge in [0.25, 0.3) is 5.91 Å². The molecule has 1 N–H and O–H groups in total. The van der Waals surface area contributed by atoms with Crippen molar-refractivity contribution in [3.05, 3.63) is 18.3 Å². The molecule has 2 aliphatic heterocycles. The zero-order valence-corrected chi connectivity index (χ0v) is 15.3. The molecule has 0 aromatic carbocycles. The number of amides is 1. The summed E-state index contributed by atoms with van der Waals surface area (Å²) in [6, 6.07) is 3.84. The fourth-order valence-corrected chi connectivity index (χ4v) is 3.76. The third-order valence-corrected chi connectivity index (χ3v) is 5.08. The van der Waals surface area contributed by atoms with Crippen LogP contribution in [0.15, 0.2) is 18.3 Å². The molecule has 0 aliphatic carbocycles. The van der Waals surface area contributed by atoms with Crippen LogP contribution in [0.1, 0.15) is 46.0 Å². The molecule has 1 aromatic rings. The molecular weight excluding hydrogens is 318 g/mol. The van der Waals surface area contributed by atoms with Crippen LogP contribution in [-0.2, 0) is 4.79 Å². The standard InChI is InChI=1S/C19H29N3O3/c1-3-9-19(2,24)18(23)22-13-8-15(14-22)25-16-7-6-10-20-17(16)21-11-4-5-12-21/h6-7,10,15,24H,3-5,8-9,11-14H2,1-2H3/t15-,19-/m0/s1. The predicted octanol–water partition coefficient (Wildman–Crippen LogP) is 2.21. The Morgan fingerprint density at radius 2 is 2.16 bits per heavy atom. The fourth-order valence-electron chi connectivity index (χ4n) is 3.76. The first kappa shape index (κ1) is 18.0. The zero-order chi connectivity index (χ0) is 17.9. The number of hydrogen-bond donors (Lipinski definition) is 1. The van der Waals surface area contributed by atoms with Crippen molar-refractivity contribution in [2.45, 2.75) is 57.7 Å². The van der Waals surface area contributed by atoms with E-state index in [-0.39, 0.29) is 12.0 Å². The minimum absolute atomic E-state index is 0.0491. The summed E-state index contributed by atoms with van der Waals surface area (Å²) < 4.78 is 6.19. The lowest BCUT2D eigenvalue weighted by atomic mass is 9.99. The van der Waals surface area contributed by atoms with Gasteiger partial charge in [-0.05, 0) is 38.3 Å². The molecule has 0 unspecified atom stereocenters. The Balaban J connectivity index is 1.63. The Hall–Kier alpha value is -1.82. The molecule has 2 aliphatic rings. The largest absolute Gasteiger partial charge is 0.485 e. The highest BCUT2D eigenvalue weighted by Crippen LogP contribution is 2.30. The topological polar surface area (TPSA) is 65.9 Å². The molecule has 2 fully saturated rings. The molecule has 0 spiro atoms. The zero-order valence-electron chi connectivity index (χ0n) is 15.3. The smallest absolute Gasteiger partial charge is 0.254 e. The van der Waals surface area contributed by atoms with Crippen molar-refractivity contribution in [3.63, 3.8) is 0 Å². The van der Waals surface area contributed by atoms with Gasteiger partial charge in [-0.1, -0.05) is 13.3 Å². The average Bonchev–Trinajstić information content (AvgIpc) is 3.26. The minimum atomic E-state index is -1.28. The van der Waals surface area contributed by atoms with Crippen LogP contribution >= 0.6 is 0 Å². The van der Waals surface area contributed by atoms with Gasteiger partial charge in [-0.2, -0.15) is 0 Å². The molecule has 3 rings (SSSR count). The summed E-state index contributed by atoms with van der Waals surface area (Å²) in [4.78, 5) is 21.0. The Bertz CT molecular complexity index is 599. The molecule has 2 atom stereocenters. The van der Waals surface area contributed by atoms with Crippen molar-refractivity contribution in [3.8, 4) is 5.75 Å². The van der Waals surface area contributed by atoms with Crippen molar-refractivity contribution in [2.24, 2.45) is 0 Å². The van der Waals surface area contributed by atoms with Gasteiger partial charge in [0.2, 0.25) is 0 Å². The molecule has 1 aromatic heterocycles. The van der Waals surface area contributed by atoms with Crippen LogP contribution in [0.2, 0.25) is 0 Å². The number of rotatable bonds is 6. The van der Waals surface area contributed by atoms with Crippen LogP contribution in [0.3, 0.4) is 0 Å². The van der Waals surface area contributed by atoms with Gasteiger partial charge in [-0.15, -0.1) is 0 Å². The summed E-state index contributed by atoms with van der Waals surface area (Å²) in [5.41, 5.74) is -1.28. The van der Waals surface area contributed by atoms with Crippen molar-refractivity contribution < 1.29 is 14.6 Å². The quantitative estimate of drug-likeness (QED) is 0.855. The van der Waals surface area contributed by atoms with Crippen LogP contribution in [0, 0.1) is 0 Å². The van der Waals surface area contributed by atoms with E-state index in [2.05, 4.69) is 9.88 Å². The van der Waals surface area contributed by atoms with Crippen LogP contribution < -0.4 is 9.64 Å². The van der Waals surface area contributed by atoms with Crippen molar-refractivity contribution in [2.75, 3.05) is 31.1 Å². The van der Waals surface area contributed by atoms with Crippen LogP contribution in [-0.4, -0.2) is 58.8 Å². The Morgan fingerprint density at radius 3 is 2.88 bits per heavy atom. The monoisotopic (exact) mass is 347 g/mol. The van der Waals surface area contributed by atoms with Gasteiger partial charge < -0.3 is 19.6 Å². The van der Waals surface area contributed by atoms with Crippen LogP contribution in [0.5, 0.6) is 5.75 Å². The lowest BCUT2D eigenvalue weighted by Crippen LogP contribution is -2.46. The minimum Gasteiger partial charge on any atom is -0.485 e. The predicted molar refractivity (Wildman–Crippen MR) is 96.8 cm³/mol. The van der Waals surface area contributed by atoms with E-state index in [9.17, 15) is 9.90 Å². The number of nitrogens with zero attached hydrogens (tertiary/aromatic N) is 3. The van der Waals surface area contributed by atoms with Crippen molar-refractivity contribution in [1.29, 1.82) is 0 Å². The lowest BCUT2D eigenvalue weighted by Gasteiger charge is -2.28. The van der Waals surface area contributed by atoms with E-state index in [4.69, 9.17) is 4.74 Å². The first-order valence-electron chi connectivity index (χ1n) is 9.39. The van der Waals surface area contributed by atoms with Gasteiger partial charge >= 0.3 is 0 Å². The first-order chi connectivity index (χ1) is 12.0. The van der Waals surface area contributed by atoms with E-state index in [1.165, 1.54) is 12.8 Å². The Kier molecular flexibility index (Phi) is 5.47. The van der Waals surface area contributed by atoms with E-state index < -0.39 is 5.60 Å². The number of aliphatic hydroxyl groups is 1. The molecule has 6 nitrogen and oxygen atoms in total. The Morgan fingerprint density at radius 1 is 1.40 bits per heavy atom. The number of aromatic nitrogens is 1. The highest BCUT2D eigenvalue weighted by atomic mass is 16.5. The normalized spacial score (nSPS) is 22.9. The lowest BCUT2D eigenvalue weighted by molar-refractivity contribution is -0.149. The maximum absolute atomic E-state index is 12.5. The van der Waals surface area contributed by atoms with Gasteiger partial charge in [-0.25, -0.2) is 4.98 Å². The van der Waals surface area contributed by atoms with Gasteiger partial charge in [-0.3, -0.25) is 4.79 Å². The molecule has 6 heteroatoms. The molecule has 25 heavy (non-hydrogen) atoms. The van der Waals surface area contributed by atoms with Crippen molar-refractivity contribution >= 4 is 11.7 Å². The third-order valence-electron chi connectivity index (χ3n) is 5.08. The van der Waals surface area contributed by atoms with Crippen molar-refractivity contribution in [1.82, 2.24) is 9.88 Å².